The van der Waals surface area contributed by atoms with E-state index >= 15 is 0 Å². The number of amides is 1. The number of nitrogens with zero attached hydrogens (tertiary/aromatic N) is 3. The maximum atomic E-state index is 13.0. The summed E-state index contributed by atoms with van der Waals surface area (Å²) >= 11 is 0. The number of ether oxygens (including phenoxy) is 1. The number of sulfonamides is 1. The molecule has 0 radical (unpaired) electrons. The number of carbonyl (C=O) groups excluding carboxylic acids is 1. The maximum Gasteiger partial charge on any atom is 0.289 e. The van der Waals surface area contributed by atoms with E-state index in [9.17, 15) is 13.2 Å². The highest BCUT2D eigenvalue weighted by Crippen LogP contribution is 2.28. The molecule has 3 aliphatic heterocycles. The van der Waals surface area contributed by atoms with Crippen LogP contribution < -0.4 is 4.74 Å². The van der Waals surface area contributed by atoms with Gasteiger partial charge < -0.3 is 14.1 Å². The molecule has 0 bridgehead atoms. The quantitative estimate of drug-likeness (QED) is 0.682. The largest absolute Gasteiger partial charge is 0.493 e. The lowest BCUT2D eigenvalue weighted by atomic mass is 10.1. The minimum Gasteiger partial charge on any atom is -0.493 e. The lowest BCUT2D eigenvalue weighted by molar-refractivity contribution is 0.0596. The smallest absolute Gasteiger partial charge is 0.289 e. The molecule has 32 heavy (non-hydrogen) atoms. The molecule has 2 saturated heterocycles. The van der Waals surface area contributed by atoms with Crippen LogP contribution in [-0.4, -0.2) is 74.3 Å². The number of hydrogen-bond acceptors (Lipinski definition) is 6. The van der Waals surface area contributed by atoms with Gasteiger partial charge in [-0.25, -0.2) is 8.42 Å². The summed E-state index contributed by atoms with van der Waals surface area (Å²) in [7, 11) is -3.61. The zero-order chi connectivity index (χ0) is 22.3. The van der Waals surface area contributed by atoms with Gasteiger partial charge >= 0.3 is 0 Å². The molecule has 4 heterocycles. The lowest BCUT2D eigenvalue weighted by Crippen LogP contribution is -2.48. The Morgan fingerprint density at radius 3 is 2.53 bits per heavy atom. The summed E-state index contributed by atoms with van der Waals surface area (Å²) in [6.07, 6.45) is 2.69. The van der Waals surface area contributed by atoms with Crippen molar-refractivity contribution in [2.24, 2.45) is 0 Å². The van der Waals surface area contributed by atoms with Crippen molar-refractivity contribution in [3.63, 3.8) is 0 Å². The third-order valence-electron chi connectivity index (χ3n) is 6.59. The van der Waals surface area contributed by atoms with Gasteiger partial charge in [0.15, 0.2) is 5.76 Å². The molecule has 1 aromatic carbocycles. The van der Waals surface area contributed by atoms with E-state index in [0.29, 0.717) is 26.2 Å². The highest BCUT2D eigenvalue weighted by atomic mass is 32.2. The van der Waals surface area contributed by atoms with Crippen LogP contribution in [0.5, 0.6) is 5.75 Å². The standard InChI is InChI=1S/C23H29N3O5S/c1-17-22(32(28,29)26-7-2-3-8-26)15-21(31-17)23(27)25-11-9-24(10-12-25)16-18-4-5-20-19(14-18)6-13-30-20/h4-5,14-15H,2-3,6-13,16H2,1H3. The first-order valence-electron chi connectivity index (χ1n) is 11.3. The minimum atomic E-state index is -3.61. The first kappa shape index (κ1) is 21.5. The number of rotatable bonds is 5. The Balaban J connectivity index is 1.21. The Morgan fingerprint density at radius 1 is 1.03 bits per heavy atom. The van der Waals surface area contributed by atoms with Gasteiger partial charge in [0.1, 0.15) is 16.4 Å². The SMILES string of the molecule is Cc1oc(C(=O)N2CCN(Cc3ccc4c(c3)CCO4)CC2)cc1S(=O)(=O)N1CCCC1. The summed E-state index contributed by atoms with van der Waals surface area (Å²) < 4.78 is 38.4. The molecule has 5 rings (SSSR count). The first-order valence-corrected chi connectivity index (χ1v) is 12.7. The fourth-order valence-electron chi connectivity index (χ4n) is 4.76. The van der Waals surface area contributed by atoms with Gasteiger partial charge in [-0.3, -0.25) is 9.69 Å². The lowest BCUT2D eigenvalue weighted by Gasteiger charge is -2.34. The van der Waals surface area contributed by atoms with E-state index in [0.717, 1.165) is 51.3 Å². The molecule has 9 heteroatoms. The predicted molar refractivity (Wildman–Crippen MR) is 118 cm³/mol. The summed E-state index contributed by atoms with van der Waals surface area (Å²) in [5, 5.41) is 0. The number of aryl methyl sites for hydroxylation is 1. The van der Waals surface area contributed by atoms with Gasteiger partial charge in [-0.05, 0) is 37.0 Å². The van der Waals surface area contributed by atoms with Gasteiger partial charge in [0.05, 0.1) is 6.61 Å². The molecule has 0 atom stereocenters. The van der Waals surface area contributed by atoms with Gasteiger partial charge in [-0.2, -0.15) is 4.31 Å². The van der Waals surface area contributed by atoms with Crippen molar-refractivity contribution in [2.45, 2.75) is 37.6 Å². The number of fused-ring (bicyclic) bond motifs is 1. The van der Waals surface area contributed by atoms with Crippen molar-refractivity contribution in [1.29, 1.82) is 0 Å². The summed E-state index contributed by atoms with van der Waals surface area (Å²) in [5.41, 5.74) is 2.52. The third-order valence-corrected chi connectivity index (χ3v) is 8.59. The molecular weight excluding hydrogens is 430 g/mol. The first-order chi connectivity index (χ1) is 15.4. The molecule has 8 nitrogen and oxygen atoms in total. The average molecular weight is 460 g/mol. The number of benzene rings is 1. The Labute approximate surface area is 188 Å². The van der Waals surface area contributed by atoms with E-state index in [2.05, 4.69) is 17.0 Å². The van der Waals surface area contributed by atoms with Crippen molar-refractivity contribution in [3.8, 4) is 5.75 Å². The highest BCUT2D eigenvalue weighted by molar-refractivity contribution is 7.89. The van der Waals surface area contributed by atoms with Crippen molar-refractivity contribution in [2.75, 3.05) is 45.9 Å². The summed E-state index contributed by atoms with van der Waals surface area (Å²) in [4.78, 5) is 17.2. The molecule has 2 fully saturated rings. The molecule has 2 aromatic rings. The zero-order valence-electron chi connectivity index (χ0n) is 18.4. The molecule has 3 aliphatic rings. The Hall–Kier alpha value is -2.36. The van der Waals surface area contributed by atoms with E-state index in [1.54, 1.807) is 11.8 Å². The van der Waals surface area contributed by atoms with E-state index in [1.807, 2.05) is 6.07 Å². The average Bonchev–Trinajstić information content (AvgIpc) is 3.54. The Bertz CT molecular complexity index is 1110. The van der Waals surface area contributed by atoms with Crippen LogP contribution in [0.2, 0.25) is 0 Å². The number of piperazine rings is 1. The predicted octanol–water partition coefficient (Wildman–Crippen LogP) is 2.27. The van der Waals surface area contributed by atoms with Crippen molar-refractivity contribution in [3.05, 3.63) is 46.9 Å². The van der Waals surface area contributed by atoms with E-state index in [1.165, 1.54) is 21.5 Å². The highest BCUT2D eigenvalue weighted by Gasteiger charge is 2.33. The van der Waals surface area contributed by atoms with Crippen LogP contribution in [0, 0.1) is 6.92 Å². The second-order valence-corrected chi connectivity index (χ2v) is 10.7. The van der Waals surface area contributed by atoms with Crippen LogP contribution in [0.1, 0.15) is 40.3 Å². The molecule has 0 saturated carbocycles. The summed E-state index contributed by atoms with van der Waals surface area (Å²) in [6.45, 7) is 6.95. The van der Waals surface area contributed by atoms with Gasteiger partial charge in [0.2, 0.25) is 10.0 Å². The topological polar surface area (TPSA) is 83.3 Å². The number of hydrogen-bond donors (Lipinski definition) is 0. The second-order valence-electron chi connectivity index (χ2n) is 8.75. The van der Waals surface area contributed by atoms with Gasteiger partial charge in [-0.15, -0.1) is 0 Å². The van der Waals surface area contributed by atoms with E-state index < -0.39 is 10.0 Å². The molecule has 1 amide bonds. The minimum absolute atomic E-state index is 0.104. The molecule has 0 aliphatic carbocycles. The van der Waals surface area contributed by atoms with Crippen LogP contribution in [0.15, 0.2) is 33.6 Å². The third kappa shape index (κ3) is 4.04. The monoisotopic (exact) mass is 459 g/mol. The molecule has 0 N–H and O–H groups in total. The number of carbonyl (C=O) groups is 1. The van der Waals surface area contributed by atoms with Gasteiger partial charge in [0, 0.05) is 58.3 Å². The van der Waals surface area contributed by atoms with Crippen LogP contribution >= 0.6 is 0 Å². The molecule has 1 aromatic heterocycles. The number of furan rings is 1. The summed E-state index contributed by atoms with van der Waals surface area (Å²) in [6, 6.07) is 7.78. The molecular formula is C23H29N3O5S. The fraction of sp³-hybridized carbons (Fsp3) is 0.522. The Morgan fingerprint density at radius 2 is 1.78 bits per heavy atom. The Kier molecular flexibility index (Phi) is 5.73. The van der Waals surface area contributed by atoms with Gasteiger partial charge in [-0.1, -0.05) is 12.1 Å². The molecule has 0 spiro atoms. The maximum absolute atomic E-state index is 13.0. The van der Waals surface area contributed by atoms with Crippen LogP contribution in [0.4, 0.5) is 0 Å². The van der Waals surface area contributed by atoms with E-state index in [4.69, 9.17) is 9.15 Å². The fourth-order valence-corrected chi connectivity index (χ4v) is 6.43. The zero-order valence-corrected chi connectivity index (χ0v) is 19.2. The van der Waals surface area contributed by atoms with Crippen LogP contribution in [0.3, 0.4) is 0 Å². The second kappa shape index (κ2) is 8.53. The summed E-state index contributed by atoms with van der Waals surface area (Å²) in [5.74, 6) is 1.13. The van der Waals surface area contributed by atoms with Gasteiger partial charge in [0.25, 0.3) is 5.91 Å². The van der Waals surface area contributed by atoms with Crippen molar-refractivity contribution < 1.29 is 22.4 Å². The van der Waals surface area contributed by atoms with Crippen molar-refractivity contribution in [1.82, 2.24) is 14.1 Å². The molecule has 0 unspecified atom stereocenters. The van der Waals surface area contributed by atoms with Crippen LogP contribution in [-0.2, 0) is 23.0 Å². The van der Waals surface area contributed by atoms with Crippen molar-refractivity contribution >= 4 is 15.9 Å². The molecule has 172 valence electrons. The normalized spacial score (nSPS) is 19.8. The van der Waals surface area contributed by atoms with Crippen LogP contribution in [0.25, 0.3) is 0 Å². The van der Waals surface area contributed by atoms with E-state index in [-0.39, 0.29) is 22.3 Å².